The molecular formula is C16H21N3O2. The zero-order valence-corrected chi connectivity index (χ0v) is 12.1. The minimum absolute atomic E-state index is 0.0274. The van der Waals surface area contributed by atoms with Gasteiger partial charge in [-0.15, -0.1) is 0 Å². The smallest absolute Gasteiger partial charge is 0.242 e. The monoisotopic (exact) mass is 287 g/mol. The SMILES string of the molecule is O=C(NCCC(=O)N1CCCC1)[C@@H]1Cc2ccccc2N1. The van der Waals surface area contributed by atoms with Gasteiger partial charge in [0, 0.05) is 38.2 Å². The Labute approximate surface area is 124 Å². The van der Waals surface area contributed by atoms with E-state index in [1.807, 2.05) is 29.2 Å². The van der Waals surface area contributed by atoms with Crippen LogP contribution in [0, 0.1) is 0 Å². The van der Waals surface area contributed by atoms with Crippen LogP contribution in [0.3, 0.4) is 0 Å². The summed E-state index contributed by atoms with van der Waals surface area (Å²) in [5.41, 5.74) is 2.21. The van der Waals surface area contributed by atoms with Crippen molar-refractivity contribution in [2.24, 2.45) is 0 Å². The van der Waals surface area contributed by atoms with Gasteiger partial charge in [0.05, 0.1) is 0 Å². The van der Waals surface area contributed by atoms with Gasteiger partial charge in [0.2, 0.25) is 11.8 Å². The molecule has 0 radical (unpaired) electrons. The predicted octanol–water partition coefficient (Wildman–Crippen LogP) is 1.15. The van der Waals surface area contributed by atoms with E-state index < -0.39 is 0 Å². The predicted molar refractivity (Wildman–Crippen MR) is 81.0 cm³/mol. The van der Waals surface area contributed by atoms with Crippen LogP contribution >= 0.6 is 0 Å². The van der Waals surface area contributed by atoms with Gasteiger partial charge in [0.25, 0.3) is 0 Å². The number of benzene rings is 1. The highest BCUT2D eigenvalue weighted by molar-refractivity contribution is 5.87. The Morgan fingerprint density at radius 1 is 1.24 bits per heavy atom. The molecular weight excluding hydrogens is 266 g/mol. The van der Waals surface area contributed by atoms with Crippen molar-refractivity contribution in [1.29, 1.82) is 0 Å². The molecule has 2 aliphatic heterocycles. The maximum atomic E-state index is 12.1. The van der Waals surface area contributed by atoms with E-state index >= 15 is 0 Å². The summed E-state index contributed by atoms with van der Waals surface area (Å²) in [4.78, 5) is 25.9. The summed E-state index contributed by atoms with van der Waals surface area (Å²) in [5.74, 6) is 0.121. The number of carbonyl (C=O) groups excluding carboxylic acids is 2. The number of hydrogen-bond acceptors (Lipinski definition) is 3. The van der Waals surface area contributed by atoms with Crippen molar-refractivity contribution in [3.8, 4) is 0 Å². The summed E-state index contributed by atoms with van der Waals surface area (Å²) in [7, 11) is 0. The maximum Gasteiger partial charge on any atom is 0.242 e. The number of hydrogen-bond donors (Lipinski definition) is 2. The van der Waals surface area contributed by atoms with Crippen molar-refractivity contribution in [2.45, 2.75) is 31.7 Å². The van der Waals surface area contributed by atoms with Gasteiger partial charge in [-0.1, -0.05) is 18.2 Å². The molecule has 0 spiro atoms. The normalized spacial score (nSPS) is 20.0. The average Bonchev–Trinajstić information content (AvgIpc) is 3.16. The van der Waals surface area contributed by atoms with E-state index in [0.717, 1.165) is 31.6 Å². The molecule has 0 unspecified atom stereocenters. The number of fused-ring (bicyclic) bond motifs is 1. The van der Waals surface area contributed by atoms with E-state index in [1.54, 1.807) is 0 Å². The van der Waals surface area contributed by atoms with E-state index in [-0.39, 0.29) is 17.9 Å². The number of likely N-dealkylation sites (tertiary alicyclic amines) is 1. The molecule has 0 aromatic heterocycles. The topological polar surface area (TPSA) is 61.4 Å². The second kappa shape index (κ2) is 6.16. The fraction of sp³-hybridized carbons (Fsp3) is 0.500. The lowest BCUT2D eigenvalue weighted by atomic mass is 10.1. The fourth-order valence-electron chi connectivity index (χ4n) is 3.00. The lowest BCUT2D eigenvalue weighted by Gasteiger charge is -2.16. The molecule has 1 atom stereocenters. The maximum absolute atomic E-state index is 12.1. The van der Waals surface area contributed by atoms with E-state index in [9.17, 15) is 9.59 Å². The molecule has 3 rings (SSSR count). The number of carbonyl (C=O) groups is 2. The van der Waals surface area contributed by atoms with E-state index in [1.165, 1.54) is 5.56 Å². The minimum Gasteiger partial charge on any atom is -0.373 e. The molecule has 1 aromatic rings. The Hall–Kier alpha value is -2.04. The van der Waals surface area contributed by atoms with Crippen molar-refractivity contribution in [3.05, 3.63) is 29.8 Å². The summed E-state index contributed by atoms with van der Waals surface area (Å²) in [6, 6.07) is 7.74. The first-order valence-electron chi connectivity index (χ1n) is 7.64. The Morgan fingerprint density at radius 3 is 2.76 bits per heavy atom. The summed E-state index contributed by atoms with van der Waals surface area (Å²) in [6.45, 7) is 2.15. The van der Waals surface area contributed by atoms with Crippen molar-refractivity contribution >= 4 is 17.5 Å². The lowest BCUT2D eigenvalue weighted by molar-refractivity contribution is -0.130. The summed E-state index contributed by atoms with van der Waals surface area (Å²) < 4.78 is 0. The first-order valence-corrected chi connectivity index (χ1v) is 7.64. The number of anilines is 1. The molecule has 21 heavy (non-hydrogen) atoms. The summed E-state index contributed by atoms with van der Waals surface area (Å²) in [5, 5.41) is 6.08. The molecule has 0 aliphatic carbocycles. The van der Waals surface area contributed by atoms with Gasteiger partial charge in [0.15, 0.2) is 0 Å². The second-order valence-corrected chi connectivity index (χ2v) is 5.69. The minimum atomic E-state index is -0.218. The van der Waals surface area contributed by atoms with Gasteiger partial charge < -0.3 is 15.5 Å². The number of para-hydroxylation sites is 1. The molecule has 112 valence electrons. The van der Waals surface area contributed by atoms with Crippen LogP contribution in [0.1, 0.15) is 24.8 Å². The summed E-state index contributed by atoms with van der Waals surface area (Å²) >= 11 is 0. The Bertz CT molecular complexity index is 513. The number of amides is 2. The molecule has 0 bridgehead atoms. The molecule has 2 aliphatic rings. The highest BCUT2D eigenvalue weighted by atomic mass is 16.2. The standard InChI is InChI=1S/C16H21N3O2/c20-15(19-9-3-4-10-19)7-8-17-16(21)14-11-12-5-1-2-6-13(12)18-14/h1-2,5-6,14,18H,3-4,7-11H2,(H,17,21)/t14-/m0/s1. The number of nitrogens with zero attached hydrogens (tertiary/aromatic N) is 1. The second-order valence-electron chi connectivity index (χ2n) is 5.69. The lowest BCUT2D eigenvalue weighted by Crippen LogP contribution is -2.40. The molecule has 2 amide bonds. The van der Waals surface area contributed by atoms with E-state index in [2.05, 4.69) is 10.6 Å². The van der Waals surface area contributed by atoms with Crippen molar-refractivity contribution in [3.63, 3.8) is 0 Å². The van der Waals surface area contributed by atoms with E-state index in [4.69, 9.17) is 0 Å². The average molecular weight is 287 g/mol. The third kappa shape index (κ3) is 3.17. The molecule has 2 heterocycles. The van der Waals surface area contributed by atoms with Crippen molar-refractivity contribution in [2.75, 3.05) is 25.0 Å². The molecule has 2 N–H and O–H groups in total. The quantitative estimate of drug-likeness (QED) is 0.873. The van der Waals surface area contributed by atoms with Gasteiger partial charge >= 0.3 is 0 Å². The molecule has 5 nitrogen and oxygen atoms in total. The molecule has 5 heteroatoms. The number of nitrogens with one attached hydrogen (secondary N) is 2. The Balaban J connectivity index is 1.42. The Morgan fingerprint density at radius 2 is 2.00 bits per heavy atom. The fourth-order valence-corrected chi connectivity index (χ4v) is 3.00. The first kappa shape index (κ1) is 13.9. The van der Waals surface area contributed by atoms with Crippen molar-refractivity contribution in [1.82, 2.24) is 10.2 Å². The van der Waals surface area contributed by atoms with Gasteiger partial charge in [-0.2, -0.15) is 0 Å². The highest BCUT2D eigenvalue weighted by Gasteiger charge is 2.26. The zero-order valence-electron chi connectivity index (χ0n) is 12.1. The van der Waals surface area contributed by atoms with Crippen LogP contribution in [0.4, 0.5) is 5.69 Å². The van der Waals surface area contributed by atoms with Crippen LogP contribution in [0.15, 0.2) is 24.3 Å². The molecule has 0 saturated carbocycles. The van der Waals surface area contributed by atoms with E-state index in [0.29, 0.717) is 19.4 Å². The molecule has 1 fully saturated rings. The van der Waals surface area contributed by atoms with Crippen LogP contribution in [0.5, 0.6) is 0 Å². The zero-order chi connectivity index (χ0) is 14.7. The molecule has 1 aromatic carbocycles. The number of rotatable bonds is 4. The third-order valence-electron chi connectivity index (χ3n) is 4.18. The van der Waals surface area contributed by atoms with Crippen LogP contribution in [0.25, 0.3) is 0 Å². The third-order valence-corrected chi connectivity index (χ3v) is 4.18. The Kier molecular flexibility index (Phi) is 4.08. The van der Waals surface area contributed by atoms with Gasteiger partial charge in [-0.05, 0) is 24.5 Å². The highest BCUT2D eigenvalue weighted by Crippen LogP contribution is 2.24. The van der Waals surface area contributed by atoms with Crippen LogP contribution in [-0.2, 0) is 16.0 Å². The largest absolute Gasteiger partial charge is 0.373 e. The van der Waals surface area contributed by atoms with Crippen LogP contribution in [0.2, 0.25) is 0 Å². The molecule has 1 saturated heterocycles. The van der Waals surface area contributed by atoms with Crippen molar-refractivity contribution < 1.29 is 9.59 Å². The first-order chi connectivity index (χ1) is 10.2. The van der Waals surface area contributed by atoms with Gasteiger partial charge in [-0.3, -0.25) is 9.59 Å². The van der Waals surface area contributed by atoms with Gasteiger partial charge in [0.1, 0.15) is 6.04 Å². The summed E-state index contributed by atoms with van der Waals surface area (Å²) in [6.07, 6.45) is 3.30. The van der Waals surface area contributed by atoms with Gasteiger partial charge in [-0.25, -0.2) is 0 Å². The van der Waals surface area contributed by atoms with Crippen LogP contribution < -0.4 is 10.6 Å². The van der Waals surface area contributed by atoms with Crippen LogP contribution in [-0.4, -0.2) is 42.4 Å².